The Bertz CT molecular complexity index is 3230. The lowest BCUT2D eigenvalue weighted by Gasteiger charge is -2.52. The molecule has 0 spiro atoms. The highest BCUT2D eigenvalue weighted by molar-refractivity contribution is 5.75. The smallest absolute Gasteiger partial charge is 0.217 e. The van der Waals surface area contributed by atoms with Crippen LogP contribution in [-0.2, 0) is 109 Å². The van der Waals surface area contributed by atoms with Gasteiger partial charge in [-0.15, -0.1) is 0 Å². The van der Waals surface area contributed by atoms with Gasteiger partial charge < -0.3 is 230 Å². The first-order chi connectivity index (χ1) is 55.8. The summed E-state index contributed by atoms with van der Waals surface area (Å²) in [6, 6.07) is -11.2. The number of aliphatic hydroxyl groups excluding tert-OH is 23. The van der Waals surface area contributed by atoms with Crippen LogP contribution >= 0.6 is 0 Å². The van der Waals surface area contributed by atoms with E-state index < -0.39 is 371 Å². The Hall–Kier alpha value is -4.78. The van der Waals surface area contributed by atoms with Gasteiger partial charge in [0.2, 0.25) is 35.4 Å². The van der Waals surface area contributed by atoms with Crippen LogP contribution in [0.1, 0.15) is 41.5 Å². The molecule has 9 fully saturated rings. The van der Waals surface area contributed by atoms with E-state index in [1.54, 1.807) is 0 Å². The summed E-state index contributed by atoms with van der Waals surface area (Å²) in [5.74, 6) is -5.49. The minimum atomic E-state index is -2.77. The summed E-state index contributed by atoms with van der Waals surface area (Å²) < 4.78 is 104. The molecule has 0 radical (unpaired) electrons. The maximum Gasteiger partial charge on any atom is 0.217 e. The van der Waals surface area contributed by atoms with Gasteiger partial charge in [0.15, 0.2) is 56.6 Å². The van der Waals surface area contributed by atoms with Crippen molar-refractivity contribution in [1.29, 1.82) is 0 Å². The summed E-state index contributed by atoms with van der Waals surface area (Å²) in [6.07, 6.45) is -84.3. The first kappa shape index (κ1) is 97.0. The van der Waals surface area contributed by atoms with E-state index in [1.807, 2.05) is 0 Å². The number of hydrogen-bond donors (Lipinski definition) is 29. The maximum atomic E-state index is 13.4. The summed E-state index contributed by atoms with van der Waals surface area (Å²) in [5, 5.41) is 274. The van der Waals surface area contributed by atoms with E-state index in [0.29, 0.717) is 0 Å². The Balaban J connectivity index is 1.21. The zero-order chi connectivity index (χ0) is 87.1. The van der Waals surface area contributed by atoms with Crippen LogP contribution in [0.2, 0.25) is 0 Å². The SMILES string of the molecule is CC(=O)N[C@@H]1[C@@H](O)[C@H](O[C@@H]2O[C@H](CO)[C@@H](O[C@@H]3O[C@H](CO[C@H]4O[C@H](CO)[C@@H](O)[C@H](O)[C@@H]4O[C@@H]4O[C@H](CO)[C@@H](O)[C@H](O)[C@H]4NC(C)=O)[C@@H](O[C@@H]4O[C@H](CO)[C@@H](O)[C@H](O)[C@H]4NC(C)=O)[C@H](O[C@H]4O[C@H](CO[C@@H]5O[C@H](CO)[C@@H](O)[C@H](O)[C@H]5NC(C)=O)[C@@H](O)[C@H](O)[C@@H]4O[C@@H]4O[C@H](CO)[C@@H](O)[C@H](O)[C@H]4NC(C)=O)[C@@H]3O)[C@H](O)[C@H]2NC(C)=O)[C@@H](CO)O[C@H]1O. The molecule has 0 aromatic rings. The molecule has 52 nitrogen and oxygen atoms in total. The van der Waals surface area contributed by atoms with E-state index in [2.05, 4.69) is 31.9 Å². The maximum absolute atomic E-state index is 13.4. The molecular formula is C66H110N6O46. The quantitative estimate of drug-likeness (QED) is 0.0306. The van der Waals surface area contributed by atoms with Crippen LogP contribution in [0.4, 0.5) is 0 Å². The van der Waals surface area contributed by atoms with Gasteiger partial charge in [0.1, 0.15) is 219 Å². The molecule has 9 aliphatic heterocycles. The molecule has 680 valence electrons. The van der Waals surface area contributed by atoms with E-state index in [-0.39, 0.29) is 0 Å². The molecule has 0 aromatic heterocycles. The van der Waals surface area contributed by atoms with Crippen LogP contribution in [-0.4, -0.2) is 488 Å². The molecule has 6 amide bonds. The lowest BCUT2D eigenvalue weighted by atomic mass is 9.93. The molecule has 0 unspecified atom stereocenters. The van der Waals surface area contributed by atoms with Gasteiger partial charge in [0, 0.05) is 41.5 Å². The van der Waals surface area contributed by atoms with Gasteiger partial charge in [-0.1, -0.05) is 0 Å². The molecule has 29 N–H and O–H groups in total. The van der Waals surface area contributed by atoms with Crippen LogP contribution in [0.3, 0.4) is 0 Å². The fraction of sp³-hybridized carbons (Fsp3) is 0.909. The molecule has 0 bridgehead atoms. The Labute approximate surface area is 669 Å². The first-order valence-corrected chi connectivity index (χ1v) is 37.6. The van der Waals surface area contributed by atoms with Crippen LogP contribution in [0, 0.1) is 0 Å². The van der Waals surface area contributed by atoms with Gasteiger partial charge >= 0.3 is 0 Å². The number of carbonyl (C=O) groups excluding carboxylic acids is 6. The lowest BCUT2D eigenvalue weighted by Crippen LogP contribution is -2.71. The minimum Gasteiger partial charge on any atom is -0.394 e. The molecule has 9 rings (SSSR count). The molecule has 52 heteroatoms. The summed E-state index contributed by atoms with van der Waals surface area (Å²) >= 11 is 0. The van der Waals surface area contributed by atoms with Crippen molar-refractivity contribution in [3.05, 3.63) is 0 Å². The lowest BCUT2D eigenvalue weighted by molar-refractivity contribution is -0.408. The third-order valence-electron chi connectivity index (χ3n) is 21.1. The summed E-state index contributed by atoms with van der Waals surface area (Å²) in [4.78, 5) is 76.7. The van der Waals surface area contributed by atoms with Gasteiger partial charge in [-0.2, -0.15) is 0 Å². The highest BCUT2D eigenvalue weighted by Gasteiger charge is 2.62. The van der Waals surface area contributed by atoms with Gasteiger partial charge in [0.25, 0.3) is 0 Å². The number of hydrogen-bond acceptors (Lipinski definition) is 46. The predicted octanol–water partition coefficient (Wildman–Crippen LogP) is -19.8. The number of nitrogens with one attached hydrogen (secondary N) is 6. The van der Waals surface area contributed by atoms with Gasteiger partial charge in [0.05, 0.1) is 59.5 Å². The standard InChI is InChI=1S/C66H110N6O46/c1-16(80)67-31-47(96)52(27(12-78)104-58(31)101)113-63-36(72-21(6)85)48(97)53(28(13-79)110-63)114-64-51(100)55(116-66-57(118-62-35(71-20(5)84)46(95)40(89)25(10-76)108-62)50(99)42(91)29(111-66)14-102-59-32(68-17(2)81)43(92)37(86)22(7-73)105-59)54(115-60-33(69-18(3)82)44(93)38(87)23(8-74)106-60)30(112-64)15-103-65-56(49(98)41(90)26(11-77)109-65)117-61-34(70-19(4)83)45(94)39(88)24(9-75)107-61/h22-66,73-79,86-101H,7-15H2,1-6H3,(H,67,80)(H,68,81)(H,69,82)(H,70,83)(H,71,84)(H,72,85)/t22-,23-,24-,25-,26-,27-,28-,29-,30-,31-,32-,33-,34-,35-,36-,37-,38-,39-,40-,41-,42-,43-,44-,45-,46-,47-,48-,49+,50+,51+,52-,53-,54-,55-,56+,57+,58-,59-,60+,61+,62+,63+,64+,65+,66-/m1/s1. The Kier molecular flexibility index (Phi) is 35.1. The molecule has 0 saturated carbocycles. The Morgan fingerprint density at radius 3 is 0.856 bits per heavy atom. The molecule has 9 aliphatic rings. The number of aliphatic hydroxyl groups is 23. The van der Waals surface area contributed by atoms with Gasteiger partial charge in [-0.05, 0) is 0 Å². The second-order valence-electron chi connectivity index (χ2n) is 29.7. The van der Waals surface area contributed by atoms with Crippen molar-refractivity contribution < 1.29 is 227 Å². The van der Waals surface area contributed by atoms with Crippen molar-refractivity contribution in [3.8, 4) is 0 Å². The van der Waals surface area contributed by atoms with E-state index in [1.165, 1.54) is 0 Å². The molecule has 118 heavy (non-hydrogen) atoms. The summed E-state index contributed by atoms with van der Waals surface area (Å²) in [6.45, 7) is -4.49. The third kappa shape index (κ3) is 22.1. The van der Waals surface area contributed by atoms with Crippen molar-refractivity contribution in [2.24, 2.45) is 0 Å². The van der Waals surface area contributed by atoms with E-state index in [9.17, 15) is 146 Å². The molecule has 0 aliphatic carbocycles. The molecule has 0 aromatic carbocycles. The summed E-state index contributed by atoms with van der Waals surface area (Å²) in [5.41, 5.74) is 0. The Morgan fingerprint density at radius 2 is 0.466 bits per heavy atom. The van der Waals surface area contributed by atoms with Gasteiger partial charge in [-0.25, -0.2) is 0 Å². The van der Waals surface area contributed by atoms with Crippen molar-refractivity contribution >= 4 is 35.4 Å². The minimum absolute atomic E-state index is 0.814. The number of amides is 6. The monoisotopic (exact) mass is 1720 g/mol. The fourth-order valence-electron chi connectivity index (χ4n) is 15.2. The second-order valence-corrected chi connectivity index (χ2v) is 29.7. The second kappa shape index (κ2) is 42.7. The number of ether oxygens (including phenoxy) is 17. The zero-order valence-corrected chi connectivity index (χ0v) is 64.0. The molecule has 45 atom stereocenters. The topological polar surface area (TPSA) is 797 Å². The van der Waals surface area contributed by atoms with E-state index in [0.717, 1.165) is 41.5 Å². The van der Waals surface area contributed by atoms with Crippen molar-refractivity contribution in [1.82, 2.24) is 31.9 Å². The van der Waals surface area contributed by atoms with Crippen LogP contribution in [0.25, 0.3) is 0 Å². The number of rotatable bonds is 31. The largest absolute Gasteiger partial charge is 0.394 e. The summed E-state index contributed by atoms with van der Waals surface area (Å²) in [7, 11) is 0. The van der Waals surface area contributed by atoms with Gasteiger partial charge in [-0.3, -0.25) is 28.8 Å². The van der Waals surface area contributed by atoms with E-state index >= 15 is 0 Å². The van der Waals surface area contributed by atoms with Crippen LogP contribution < -0.4 is 31.9 Å². The average molecular weight is 1720 g/mol. The predicted molar refractivity (Wildman–Crippen MR) is 367 cm³/mol. The van der Waals surface area contributed by atoms with Crippen molar-refractivity contribution in [3.63, 3.8) is 0 Å². The third-order valence-corrected chi connectivity index (χ3v) is 21.1. The van der Waals surface area contributed by atoms with Crippen LogP contribution in [0.5, 0.6) is 0 Å². The number of carbonyl (C=O) groups is 6. The van der Waals surface area contributed by atoms with Crippen molar-refractivity contribution in [2.75, 3.05) is 59.5 Å². The average Bonchev–Trinajstić information content (AvgIpc) is 0.759. The van der Waals surface area contributed by atoms with E-state index in [4.69, 9.17) is 80.5 Å². The van der Waals surface area contributed by atoms with Crippen molar-refractivity contribution in [2.45, 2.75) is 318 Å². The molecule has 9 saturated heterocycles. The molecule has 9 heterocycles. The Morgan fingerprint density at radius 1 is 0.220 bits per heavy atom. The first-order valence-electron chi connectivity index (χ1n) is 37.6. The highest BCUT2D eigenvalue weighted by Crippen LogP contribution is 2.41. The molecular weight excluding hydrogens is 1610 g/mol. The highest BCUT2D eigenvalue weighted by atomic mass is 16.8. The zero-order valence-electron chi connectivity index (χ0n) is 64.0. The van der Waals surface area contributed by atoms with Crippen LogP contribution in [0.15, 0.2) is 0 Å². The normalized spacial score (nSPS) is 46.9. The fourth-order valence-corrected chi connectivity index (χ4v) is 15.2.